The number of halogens is 1. The van der Waals surface area contributed by atoms with Crippen molar-refractivity contribution >= 4 is 24.0 Å². The molecule has 1 aromatic rings. The van der Waals surface area contributed by atoms with E-state index in [9.17, 15) is 4.79 Å². The van der Waals surface area contributed by atoms with Gasteiger partial charge >= 0.3 is 0 Å². The van der Waals surface area contributed by atoms with E-state index in [1.54, 1.807) is 0 Å². The molecule has 1 saturated carbocycles. The van der Waals surface area contributed by atoms with Crippen LogP contribution in [0, 0.1) is 5.92 Å². The Morgan fingerprint density at radius 3 is 3.00 bits per heavy atom. The molecule has 1 fully saturated rings. The van der Waals surface area contributed by atoms with Gasteiger partial charge in [-0.25, -0.2) is 0 Å². The van der Waals surface area contributed by atoms with Gasteiger partial charge in [0.25, 0.3) is 5.91 Å². The number of carbonyl (C=O) groups is 1. The van der Waals surface area contributed by atoms with Gasteiger partial charge in [-0.3, -0.25) is 4.79 Å². The molecule has 19 heavy (non-hydrogen) atoms. The quantitative estimate of drug-likeness (QED) is 0.890. The van der Waals surface area contributed by atoms with Crippen LogP contribution < -0.4 is 10.6 Å². The molecule has 0 radical (unpaired) electrons. The van der Waals surface area contributed by atoms with Gasteiger partial charge in [-0.2, -0.15) is 0 Å². The van der Waals surface area contributed by atoms with Crippen molar-refractivity contribution in [2.75, 3.05) is 11.9 Å². The van der Waals surface area contributed by atoms with Gasteiger partial charge in [-0.05, 0) is 49.4 Å². The van der Waals surface area contributed by atoms with Crippen LogP contribution >= 0.6 is 12.4 Å². The first-order valence-electron chi connectivity index (χ1n) is 6.90. The molecule has 104 valence electrons. The summed E-state index contributed by atoms with van der Waals surface area (Å²) in [5, 5.41) is 6.41. The molecule has 3 nitrogen and oxygen atoms in total. The normalized spacial score (nSPS) is 17.9. The summed E-state index contributed by atoms with van der Waals surface area (Å²) < 4.78 is 0. The van der Waals surface area contributed by atoms with E-state index in [1.165, 1.54) is 24.1 Å². The van der Waals surface area contributed by atoms with Gasteiger partial charge in [0.1, 0.15) is 0 Å². The molecule has 2 N–H and O–H groups in total. The lowest BCUT2D eigenvalue weighted by Crippen LogP contribution is -2.32. The molecule has 1 atom stereocenters. The summed E-state index contributed by atoms with van der Waals surface area (Å²) in [5.41, 5.74) is 3.23. The minimum absolute atomic E-state index is 0. The Morgan fingerprint density at radius 2 is 2.26 bits per heavy atom. The van der Waals surface area contributed by atoms with Crippen molar-refractivity contribution in [2.45, 2.75) is 38.6 Å². The van der Waals surface area contributed by atoms with Gasteiger partial charge in [-0.1, -0.05) is 12.8 Å². The van der Waals surface area contributed by atoms with Crippen molar-refractivity contribution in [1.82, 2.24) is 5.32 Å². The third kappa shape index (κ3) is 3.41. The molecule has 1 aromatic carbocycles. The van der Waals surface area contributed by atoms with Gasteiger partial charge in [-0.15, -0.1) is 12.4 Å². The predicted molar refractivity (Wildman–Crippen MR) is 80.2 cm³/mol. The highest BCUT2D eigenvalue weighted by molar-refractivity contribution is 5.95. The molecule has 2 aliphatic rings. The second-order valence-corrected chi connectivity index (χ2v) is 5.60. The van der Waals surface area contributed by atoms with E-state index in [2.05, 4.69) is 17.6 Å². The lowest BCUT2D eigenvalue weighted by atomic mass is 10.1. The van der Waals surface area contributed by atoms with Crippen molar-refractivity contribution in [1.29, 1.82) is 0 Å². The van der Waals surface area contributed by atoms with E-state index >= 15 is 0 Å². The van der Waals surface area contributed by atoms with Gasteiger partial charge < -0.3 is 10.6 Å². The van der Waals surface area contributed by atoms with Crippen LogP contribution in [-0.2, 0) is 6.42 Å². The fourth-order valence-corrected chi connectivity index (χ4v) is 2.67. The minimum Gasteiger partial charge on any atom is -0.384 e. The number of nitrogens with one attached hydrogen (secondary N) is 2. The van der Waals surface area contributed by atoms with Crippen molar-refractivity contribution in [3.63, 3.8) is 0 Å². The molecule has 1 unspecified atom stereocenters. The smallest absolute Gasteiger partial charge is 0.251 e. The Hall–Kier alpha value is -1.22. The SMILES string of the molecule is CC(CC1CC1)NC(=O)c1ccc2c(c1)CCN2.Cl. The van der Waals surface area contributed by atoms with Crippen LogP contribution in [0.5, 0.6) is 0 Å². The van der Waals surface area contributed by atoms with E-state index < -0.39 is 0 Å². The second kappa shape index (κ2) is 5.83. The lowest BCUT2D eigenvalue weighted by Gasteiger charge is -2.13. The highest BCUT2D eigenvalue weighted by Gasteiger charge is 2.24. The summed E-state index contributed by atoms with van der Waals surface area (Å²) in [6.45, 7) is 3.09. The van der Waals surface area contributed by atoms with Gasteiger partial charge in [0.05, 0.1) is 0 Å². The van der Waals surface area contributed by atoms with Crippen molar-refractivity contribution in [3.8, 4) is 0 Å². The zero-order valence-electron chi connectivity index (χ0n) is 11.2. The van der Waals surface area contributed by atoms with E-state index in [4.69, 9.17) is 0 Å². The summed E-state index contributed by atoms with van der Waals surface area (Å²) in [6, 6.07) is 6.24. The first-order valence-corrected chi connectivity index (χ1v) is 6.90. The number of fused-ring (bicyclic) bond motifs is 1. The minimum atomic E-state index is 0. The van der Waals surface area contributed by atoms with Crippen LogP contribution in [0.1, 0.15) is 42.1 Å². The molecule has 1 amide bonds. The van der Waals surface area contributed by atoms with Crippen LogP contribution in [0.4, 0.5) is 5.69 Å². The summed E-state index contributed by atoms with van der Waals surface area (Å²) in [4.78, 5) is 12.1. The van der Waals surface area contributed by atoms with Crippen LogP contribution in [0.25, 0.3) is 0 Å². The number of hydrogen-bond acceptors (Lipinski definition) is 2. The highest BCUT2D eigenvalue weighted by atomic mass is 35.5. The largest absolute Gasteiger partial charge is 0.384 e. The monoisotopic (exact) mass is 280 g/mol. The van der Waals surface area contributed by atoms with Gasteiger partial charge in [0.2, 0.25) is 0 Å². The van der Waals surface area contributed by atoms with Crippen LogP contribution in [0.3, 0.4) is 0 Å². The van der Waals surface area contributed by atoms with Crippen molar-refractivity contribution in [3.05, 3.63) is 29.3 Å². The first-order chi connectivity index (χ1) is 8.72. The van der Waals surface area contributed by atoms with Crippen LogP contribution in [-0.4, -0.2) is 18.5 Å². The van der Waals surface area contributed by atoms with Crippen LogP contribution in [0.15, 0.2) is 18.2 Å². The third-order valence-electron chi connectivity index (χ3n) is 3.84. The number of amides is 1. The maximum absolute atomic E-state index is 12.1. The number of hydrogen-bond donors (Lipinski definition) is 2. The molecule has 1 heterocycles. The molecule has 0 aromatic heterocycles. The van der Waals surface area contributed by atoms with E-state index in [1.807, 2.05) is 18.2 Å². The summed E-state index contributed by atoms with van der Waals surface area (Å²) in [5.74, 6) is 0.919. The molecule has 1 aliphatic heterocycles. The Balaban J connectivity index is 0.00000133. The van der Waals surface area contributed by atoms with Crippen molar-refractivity contribution < 1.29 is 4.79 Å². The lowest BCUT2D eigenvalue weighted by molar-refractivity contribution is 0.0937. The predicted octanol–water partition coefficient (Wildman–Crippen LogP) is 2.99. The maximum Gasteiger partial charge on any atom is 0.251 e. The molecule has 0 bridgehead atoms. The molecule has 4 heteroatoms. The van der Waals surface area contributed by atoms with E-state index in [0.717, 1.165) is 30.9 Å². The number of carbonyl (C=O) groups excluding carboxylic acids is 1. The fraction of sp³-hybridized carbons (Fsp3) is 0.533. The van der Waals surface area contributed by atoms with E-state index in [0.29, 0.717) is 0 Å². The van der Waals surface area contributed by atoms with Crippen molar-refractivity contribution in [2.24, 2.45) is 5.92 Å². The Bertz CT molecular complexity index is 471. The van der Waals surface area contributed by atoms with Gasteiger partial charge in [0, 0.05) is 23.8 Å². The highest BCUT2D eigenvalue weighted by Crippen LogP contribution is 2.33. The number of benzene rings is 1. The number of rotatable bonds is 4. The molecule has 3 rings (SSSR count). The zero-order valence-corrected chi connectivity index (χ0v) is 12.1. The average Bonchev–Trinajstić information content (AvgIpc) is 3.03. The van der Waals surface area contributed by atoms with Gasteiger partial charge in [0.15, 0.2) is 0 Å². The Morgan fingerprint density at radius 1 is 1.47 bits per heavy atom. The molecule has 0 saturated heterocycles. The van der Waals surface area contributed by atoms with Crippen LogP contribution in [0.2, 0.25) is 0 Å². The second-order valence-electron chi connectivity index (χ2n) is 5.60. The first kappa shape index (κ1) is 14.2. The average molecular weight is 281 g/mol. The summed E-state index contributed by atoms with van der Waals surface area (Å²) in [7, 11) is 0. The zero-order chi connectivity index (χ0) is 12.5. The standard InChI is InChI=1S/C15H20N2O.ClH/c1-10(8-11-2-3-11)17-15(18)13-4-5-14-12(9-13)6-7-16-14;/h4-5,9-11,16H,2-3,6-8H2,1H3,(H,17,18);1H. The third-order valence-corrected chi connectivity index (χ3v) is 3.84. The molecular formula is C15H21ClN2O. The summed E-state index contributed by atoms with van der Waals surface area (Å²) in [6.07, 6.45) is 4.82. The Kier molecular flexibility index (Phi) is 4.35. The number of anilines is 1. The topological polar surface area (TPSA) is 41.1 Å². The Labute approximate surface area is 120 Å². The molecule has 0 spiro atoms. The molecular weight excluding hydrogens is 260 g/mol. The van der Waals surface area contributed by atoms with E-state index in [-0.39, 0.29) is 24.4 Å². The fourth-order valence-electron chi connectivity index (χ4n) is 2.67. The maximum atomic E-state index is 12.1. The molecule has 1 aliphatic carbocycles. The summed E-state index contributed by atoms with van der Waals surface area (Å²) >= 11 is 0.